The van der Waals surface area contributed by atoms with E-state index in [1.807, 2.05) is 48.5 Å². The maximum atomic E-state index is 12.4. The van der Waals surface area contributed by atoms with Crippen LogP contribution in [0, 0.1) is 5.92 Å². The molecule has 2 aromatic carbocycles. The number of hydrogen-bond acceptors (Lipinski definition) is 4. The number of aliphatic hydroxyl groups is 1. The number of halogens is 1. The Morgan fingerprint density at radius 3 is 1.82 bits per heavy atom. The second-order valence-corrected chi connectivity index (χ2v) is 10.7. The lowest BCUT2D eigenvalue weighted by molar-refractivity contribution is 0.0848. The van der Waals surface area contributed by atoms with Gasteiger partial charge in [-0.3, -0.25) is 4.79 Å². The van der Waals surface area contributed by atoms with Crippen LogP contribution in [0.25, 0.3) is 0 Å². The summed E-state index contributed by atoms with van der Waals surface area (Å²) in [5, 5.41) is 10.3. The Bertz CT molecular complexity index is 851. The molecule has 0 aromatic heterocycles. The fourth-order valence-corrected chi connectivity index (χ4v) is 5.65. The smallest absolute Gasteiger partial charge is 0.179 e. The van der Waals surface area contributed by atoms with Crippen LogP contribution in [0.2, 0.25) is 0 Å². The maximum Gasteiger partial charge on any atom is 0.179 e. The third kappa shape index (κ3) is 7.58. The summed E-state index contributed by atoms with van der Waals surface area (Å²) < 4.78 is 9.88. The van der Waals surface area contributed by atoms with Gasteiger partial charge in [0.05, 0.1) is 24.6 Å². The van der Waals surface area contributed by atoms with E-state index in [4.69, 9.17) is 9.47 Å². The average molecular weight is 534 g/mol. The molecule has 5 heteroatoms. The molecule has 0 spiro atoms. The van der Waals surface area contributed by atoms with E-state index in [9.17, 15) is 9.90 Å². The molecule has 0 saturated heterocycles. The van der Waals surface area contributed by atoms with Crippen LogP contribution in [0.3, 0.4) is 0 Å². The van der Waals surface area contributed by atoms with Gasteiger partial charge in [0.25, 0.3) is 0 Å². The maximum absolute atomic E-state index is 12.4. The van der Waals surface area contributed by atoms with Crippen molar-refractivity contribution in [1.82, 2.24) is 0 Å². The van der Waals surface area contributed by atoms with Gasteiger partial charge in [0.1, 0.15) is 11.5 Å². The average Bonchev–Trinajstić information content (AvgIpc) is 2.89. The number of benzene rings is 2. The van der Waals surface area contributed by atoms with Gasteiger partial charge in [-0.1, -0.05) is 74.0 Å². The second kappa shape index (κ2) is 13.9. The van der Waals surface area contributed by atoms with E-state index < -0.39 is 0 Å². The third-order valence-corrected chi connectivity index (χ3v) is 8.11. The molecule has 4 rings (SSSR count). The Morgan fingerprint density at radius 1 is 0.853 bits per heavy atom. The number of alkyl halides is 1. The monoisotopic (exact) mass is 532 g/mol. The number of rotatable bonds is 6. The fourth-order valence-electron chi connectivity index (χ4n) is 4.86. The number of hydrogen-bond donors (Lipinski definition) is 1. The first-order chi connectivity index (χ1) is 16.0. The first-order valence-electron chi connectivity index (χ1n) is 12.2. The zero-order valence-electron chi connectivity index (χ0n) is 19.9. The summed E-state index contributed by atoms with van der Waals surface area (Å²) in [5.41, 5.74) is 1.79. The van der Waals surface area contributed by atoms with Crippen LogP contribution in [0.5, 0.6) is 11.5 Å². The molecule has 0 radical (unpaired) electrons. The van der Waals surface area contributed by atoms with Gasteiger partial charge in [0.2, 0.25) is 0 Å². The highest BCUT2D eigenvalue weighted by Gasteiger charge is 2.37. The Labute approximate surface area is 214 Å². The van der Waals surface area contributed by atoms with Crippen LogP contribution in [-0.4, -0.2) is 29.4 Å². The minimum atomic E-state index is -0.333. The van der Waals surface area contributed by atoms with Gasteiger partial charge in [-0.05, 0) is 73.6 Å². The van der Waals surface area contributed by atoms with Gasteiger partial charge >= 0.3 is 0 Å². The molecule has 1 unspecified atom stereocenters. The number of methoxy groups -OCH3 is 2. The summed E-state index contributed by atoms with van der Waals surface area (Å²) in [7, 11) is 3.29. The molecule has 188 valence electrons. The van der Waals surface area contributed by atoms with Gasteiger partial charge in [0, 0.05) is 5.56 Å². The van der Waals surface area contributed by atoms with E-state index in [0.717, 1.165) is 61.2 Å². The number of carbonyl (C=O) groups is 1. The van der Waals surface area contributed by atoms with Gasteiger partial charge in [0.15, 0.2) is 5.78 Å². The van der Waals surface area contributed by atoms with Crippen molar-refractivity contribution >= 4 is 21.7 Å². The zero-order chi connectivity index (χ0) is 23.7. The molecule has 2 fully saturated rings. The van der Waals surface area contributed by atoms with E-state index in [-0.39, 0.29) is 23.6 Å². The number of carbonyl (C=O) groups excluding carboxylic acids is 1. The number of Topliss-reactive ketones (excluding diaryl/α,β-unsaturated/α-hetero) is 1. The molecule has 0 bridgehead atoms. The minimum Gasteiger partial charge on any atom is -0.497 e. The molecule has 2 aromatic rings. The van der Waals surface area contributed by atoms with E-state index in [1.54, 1.807) is 14.2 Å². The highest BCUT2D eigenvalue weighted by molar-refractivity contribution is 9.10. The lowest BCUT2D eigenvalue weighted by atomic mass is 9.83. The molecule has 0 amide bonds. The lowest BCUT2D eigenvalue weighted by Crippen LogP contribution is -2.34. The largest absolute Gasteiger partial charge is 0.497 e. The summed E-state index contributed by atoms with van der Waals surface area (Å²) >= 11 is 3.65. The van der Waals surface area contributed by atoms with Crippen LogP contribution in [0.1, 0.15) is 93.7 Å². The van der Waals surface area contributed by atoms with E-state index in [1.165, 1.54) is 25.7 Å². The van der Waals surface area contributed by atoms with Crippen molar-refractivity contribution in [2.45, 2.75) is 82.1 Å². The Balaban J connectivity index is 0.000000234. The standard InChI is InChI=1S/C14H17BrO2.C14H20O2.CH4/c1-17-12-7-5-11(6-8-12)13(16)14(15)9-3-2-4-10-14;1-16-13-9-7-12(8-10-13)14(15)11-5-3-2-4-6-11;/h5-8H,2-4,9-10H2,1H3;7-11,14-15H,2-6H2,1H3;1H4. The molecule has 2 aliphatic rings. The third-order valence-electron chi connectivity index (χ3n) is 6.96. The molecule has 1 N–H and O–H groups in total. The molecule has 0 aliphatic heterocycles. The highest BCUT2D eigenvalue weighted by atomic mass is 79.9. The predicted octanol–water partition coefficient (Wildman–Crippen LogP) is 7.92. The van der Waals surface area contributed by atoms with E-state index >= 15 is 0 Å². The first-order valence-corrected chi connectivity index (χ1v) is 13.0. The summed E-state index contributed by atoms with van der Waals surface area (Å²) in [6, 6.07) is 15.1. The van der Waals surface area contributed by atoms with Gasteiger partial charge in [-0.2, -0.15) is 0 Å². The van der Waals surface area contributed by atoms with Crippen LogP contribution in [0.4, 0.5) is 0 Å². The van der Waals surface area contributed by atoms with E-state index in [0.29, 0.717) is 5.92 Å². The Morgan fingerprint density at radius 2 is 1.32 bits per heavy atom. The molecule has 4 nitrogen and oxygen atoms in total. The summed E-state index contributed by atoms with van der Waals surface area (Å²) in [5.74, 6) is 2.29. The molecule has 1 atom stereocenters. The number of ether oxygens (including phenoxy) is 2. The van der Waals surface area contributed by atoms with Crippen LogP contribution in [-0.2, 0) is 0 Å². The Kier molecular flexibility index (Phi) is 11.6. The summed E-state index contributed by atoms with van der Waals surface area (Å²) in [6.07, 6.45) is 11.3. The first kappa shape index (κ1) is 28.4. The molecule has 0 heterocycles. The predicted molar refractivity (Wildman–Crippen MR) is 143 cm³/mol. The number of ketones is 1. The summed E-state index contributed by atoms with van der Waals surface area (Å²) in [6.45, 7) is 0. The van der Waals surface area contributed by atoms with Crippen molar-refractivity contribution < 1.29 is 19.4 Å². The topological polar surface area (TPSA) is 55.8 Å². The van der Waals surface area contributed by atoms with Gasteiger partial charge in [-0.25, -0.2) is 0 Å². The van der Waals surface area contributed by atoms with Gasteiger partial charge in [-0.15, -0.1) is 0 Å². The lowest BCUT2D eigenvalue weighted by Gasteiger charge is -2.30. The molecular weight excluding hydrogens is 492 g/mol. The van der Waals surface area contributed by atoms with Crippen molar-refractivity contribution in [1.29, 1.82) is 0 Å². The van der Waals surface area contributed by atoms with Crippen molar-refractivity contribution in [2.24, 2.45) is 5.92 Å². The molecule has 34 heavy (non-hydrogen) atoms. The van der Waals surface area contributed by atoms with E-state index in [2.05, 4.69) is 15.9 Å². The van der Waals surface area contributed by atoms with Crippen LogP contribution in [0.15, 0.2) is 48.5 Å². The van der Waals surface area contributed by atoms with Crippen LogP contribution < -0.4 is 9.47 Å². The Hall–Kier alpha value is -1.85. The number of aliphatic hydroxyl groups excluding tert-OH is 1. The fraction of sp³-hybridized carbons (Fsp3) is 0.552. The van der Waals surface area contributed by atoms with Crippen molar-refractivity contribution in [2.75, 3.05) is 14.2 Å². The van der Waals surface area contributed by atoms with Crippen molar-refractivity contribution in [3.05, 3.63) is 59.7 Å². The molecular formula is C29H41BrO4. The zero-order valence-corrected chi connectivity index (χ0v) is 21.5. The van der Waals surface area contributed by atoms with Crippen molar-refractivity contribution in [3.63, 3.8) is 0 Å². The highest BCUT2D eigenvalue weighted by Crippen LogP contribution is 2.39. The van der Waals surface area contributed by atoms with Crippen molar-refractivity contribution in [3.8, 4) is 11.5 Å². The second-order valence-electron chi connectivity index (χ2n) is 9.20. The molecule has 2 saturated carbocycles. The minimum absolute atomic E-state index is 0. The van der Waals surface area contributed by atoms with Gasteiger partial charge < -0.3 is 14.6 Å². The molecule has 2 aliphatic carbocycles. The quantitative estimate of drug-likeness (QED) is 0.303. The van der Waals surface area contributed by atoms with Crippen LogP contribution >= 0.6 is 15.9 Å². The SMILES string of the molecule is C.COc1ccc(C(=O)C2(Br)CCCCC2)cc1.COc1ccc(C(O)C2CCCCC2)cc1. The normalized spacial score (nSPS) is 18.5. The summed E-state index contributed by atoms with van der Waals surface area (Å²) in [4.78, 5) is 12.4.